The molecule has 0 spiro atoms. The van der Waals surface area contributed by atoms with Gasteiger partial charge in [0.2, 0.25) is 0 Å². The van der Waals surface area contributed by atoms with E-state index >= 15 is 0 Å². The Balaban J connectivity index is 2.12. The van der Waals surface area contributed by atoms with Crippen molar-refractivity contribution in [1.82, 2.24) is 4.98 Å². The second kappa shape index (κ2) is 4.79. The molecule has 1 fully saturated rings. The molecule has 0 unspecified atom stereocenters. The van der Waals surface area contributed by atoms with E-state index in [4.69, 9.17) is 5.73 Å². The average Bonchev–Trinajstić information content (AvgIpc) is 2.45. The van der Waals surface area contributed by atoms with Gasteiger partial charge in [0.05, 0.1) is 0 Å². The van der Waals surface area contributed by atoms with E-state index in [-0.39, 0.29) is 0 Å². The molecule has 1 aromatic heterocycles. The molecule has 2 rings (SSSR count). The Kier molecular flexibility index (Phi) is 3.42. The largest absolute Gasteiger partial charge is 0.399 e. The molecule has 0 saturated carbocycles. The number of anilines is 2. The Bertz CT molecular complexity index is 298. The zero-order valence-electron chi connectivity index (χ0n) is 7.85. The Labute approximate surface area is 91.9 Å². The molecule has 0 aromatic carbocycles. The van der Waals surface area contributed by atoms with Crippen molar-refractivity contribution in [2.45, 2.75) is 0 Å². The van der Waals surface area contributed by atoms with Gasteiger partial charge in [-0.2, -0.15) is 0 Å². The first-order valence-corrected chi connectivity index (χ1v) is 7.06. The highest BCUT2D eigenvalue weighted by atomic mass is 33.1. The fraction of sp³-hybridized carbons (Fsp3) is 0.444. The Hall–Kier alpha value is -0.550. The van der Waals surface area contributed by atoms with E-state index in [9.17, 15) is 0 Å². The molecular weight excluding hydrogens is 214 g/mol. The Morgan fingerprint density at radius 1 is 1.29 bits per heavy atom. The number of nitrogen functional groups attached to an aromatic ring is 1. The molecule has 1 saturated heterocycles. The van der Waals surface area contributed by atoms with Crippen LogP contribution in [0.5, 0.6) is 0 Å². The van der Waals surface area contributed by atoms with Crippen LogP contribution in [-0.2, 0) is 0 Å². The fourth-order valence-electron chi connectivity index (χ4n) is 1.36. The zero-order chi connectivity index (χ0) is 9.80. The van der Waals surface area contributed by atoms with Gasteiger partial charge in [0.15, 0.2) is 0 Å². The number of pyridine rings is 1. The van der Waals surface area contributed by atoms with E-state index in [0.29, 0.717) is 0 Å². The zero-order valence-corrected chi connectivity index (χ0v) is 9.48. The number of hydrogen-bond donors (Lipinski definition) is 1. The summed E-state index contributed by atoms with van der Waals surface area (Å²) in [4.78, 5) is 6.63. The van der Waals surface area contributed by atoms with Crippen LogP contribution in [0.25, 0.3) is 0 Å². The lowest BCUT2D eigenvalue weighted by Gasteiger charge is -2.20. The summed E-state index contributed by atoms with van der Waals surface area (Å²) >= 11 is 0. The molecule has 5 heteroatoms. The van der Waals surface area contributed by atoms with E-state index in [2.05, 4.69) is 9.88 Å². The van der Waals surface area contributed by atoms with Crippen LogP contribution in [0.15, 0.2) is 18.3 Å². The van der Waals surface area contributed by atoms with E-state index in [1.54, 1.807) is 6.20 Å². The predicted octanol–water partition coefficient (Wildman–Crippen LogP) is 1.87. The van der Waals surface area contributed by atoms with Crippen molar-refractivity contribution in [3.8, 4) is 0 Å². The van der Waals surface area contributed by atoms with Gasteiger partial charge in [0.25, 0.3) is 0 Å². The molecule has 0 bridgehead atoms. The van der Waals surface area contributed by atoms with Gasteiger partial charge in [-0.25, -0.2) is 4.98 Å². The lowest BCUT2D eigenvalue weighted by Crippen LogP contribution is -2.27. The van der Waals surface area contributed by atoms with Gasteiger partial charge in [0, 0.05) is 42.5 Å². The van der Waals surface area contributed by atoms with E-state index < -0.39 is 0 Å². The first kappa shape index (κ1) is 9.98. The first-order valence-electron chi connectivity index (χ1n) is 4.57. The maximum atomic E-state index is 5.73. The molecule has 0 aliphatic carbocycles. The van der Waals surface area contributed by atoms with Crippen LogP contribution >= 0.6 is 21.6 Å². The molecule has 1 aliphatic rings. The number of aromatic nitrogens is 1. The number of nitrogens with zero attached hydrogens (tertiary/aromatic N) is 2. The van der Waals surface area contributed by atoms with Gasteiger partial charge in [-0.1, -0.05) is 21.6 Å². The summed E-state index contributed by atoms with van der Waals surface area (Å²) in [6.07, 6.45) is 1.77. The quantitative estimate of drug-likeness (QED) is 0.742. The third-order valence-electron chi connectivity index (χ3n) is 2.07. The highest BCUT2D eigenvalue weighted by Crippen LogP contribution is 2.26. The first-order chi connectivity index (χ1) is 6.86. The second-order valence-electron chi connectivity index (χ2n) is 3.08. The summed E-state index contributed by atoms with van der Waals surface area (Å²) < 4.78 is 0. The minimum atomic E-state index is 0.791. The SMILES string of the molecule is Nc1ccnc(N2CCSSCC2)c1. The average molecular weight is 227 g/mol. The summed E-state index contributed by atoms with van der Waals surface area (Å²) in [7, 11) is 3.87. The molecule has 0 amide bonds. The van der Waals surface area contributed by atoms with Gasteiger partial charge in [0.1, 0.15) is 5.82 Å². The van der Waals surface area contributed by atoms with Gasteiger partial charge >= 0.3 is 0 Å². The van der Waals surface area contributed by atoms with Gasteiger partial charge < -0.3 is 10.6 Å². The van der Waals surface area contributed by atoms with Crippen LogP contribution in [0.3, 0.4) is 0 Å². The number of rotatable bonds is 1. The molecule has 1 aromatic rings. The summed E-state index contributed by atoms with van der Waals surface area (Å²) in [6, 6.07) is 3.77. The molecular formula is C9H13N3S2. The van der Waals surface area contributed by atoms with Gasteiger partial charge in [-0.05, 0) is 6.07 Å². The highest BCUT2D eigenvalue weighted by Gasteiger charge is 2.11. The van der Waals surface area contributed by atoms with Crippen molar-refractivity contribution in [3.63, 3.8) is 0 Å². The minimum Gasteiger partial charge on any atom is -0.399 e. The minimum absolute atomic E-state index is 0.791. The summed E-state index contributed by atoms with van der Waals surface area (Å²) in [5.74, 6) is 3.32. The van der Waals surface area contributed by atoms with Crippen LogP contribution in [0.1, 0.15) is 0 Å². The van der Waals surface area contributed by atoms with Crippen molar-refractivity contribution in [3.05, 3.63) is 18.3 Å². The molecule has 0 radical (unpaired) electrons. The molecule has 3 nitrogen and oxygen atoms in total. The van der Waals surface area contributed by atoms with Gasteiger partial charge in [-0.3, -0.25) is 0 Å². The van der Waals surface area contributed by atoms with Crippen LogP contribution in [0.2, 0.25) is 0 Å². The topological polar surface area (TPSA) is 42.1 Å². The monoisotopic (exact) mass is 227 g/mol. The van der Waals surface area contributed by atoms with Crippen LogP contribution < -0.4 is 10.6 Å². The third-order valence-corrected chi connectivity index (χ3v) is 4.43. The number of nitrogens with two attached hydrogens (primary N) is 1. The van der Waals surface area contributed by atoms with Crippen LogP contribution in [0.4, 0.5) is 11.5 Å². The van der Waals surface area contributed by atoms with E-state index in [0.717, 1.165) is 36.1 Å². The molecule has 2 N–H and O–H groups in total. The lowest BCUT2D eigenvalue weighted by molar-refractivity contribution is 0.863. The molecule has 2 heterocycles. The van der Waals surface area contributed by atoms with Crippen molar-refractivity contribution < 1.29 is 0 Å². The van der Waals surface area contributed by atoms with Crippen molar-refractivity contribution >= 4 is 33.1 Å². The summed E-state index contributed by atoms with van der Waals surface area (Å²) in [5, 5.41) is 0. The Morgan fingerprint density at radius 3 is 2.64 bits per heavy atom. The van der Waals surface area contributed by atoms with E-state index in [1.165, 1.54) is 0 Å². The van der Waals surface area contributed by atoms with Crippen LogP contribution in [0, 0.1) is 0 Å². The number of hydrogen-bond acceptors (Lipinski definition) is 5. The predicted molar refractivity (Wildman–Crippen MR) is 65.8 cm³/mol. The Morgan fingerprint density at radius 2 is 2.00 bits per heavy atom. The third kappa shape index (κ3) is 2.48. The second-order valence-corrected chi connectivity index (χ2v) is 5.78. The maximum absolute atomic E-state index is 5.73. The smallest absolute Gasteiger partial charge is 0.130 e. The van der Waals surface area contributed by atoms with Crippen LogP contribution in [-0.4, -0.2) is 29.6 Å². The highest BCUT2D eigenvalue weighted by molar-refractivity contribution is 8.76. The molecule has 1 aliphatic heterocycles. The lowest BCUT2D eigenvalue weighted by atomic mass is 10.3. The maximum Gasteiger partial charge on any atom is 0.130 e. The molecule has 0 atom stereocenters. The molecule has 14 heavy (non-hydrogen) atoms. The molecule has 76 valence electrons. The summed E-state index contributed by atoms with van der Waals surface area (Å²) in [6.45, 7) is 2.13. The fourth-order valence-corrected chi connectivity index (χ4v) is 3.34. The van der Waals surface area contributed by atoms with Gasteiger partial charge in [-0.15, -0.1) is 0 Å². The van der Waals surface area contributed by atoms with E-state index in [1.807, 2.05) is 33.7 Å². The standard InChI is InChI=1S/C9H13N3S2/c10-8-1-2-11-9(7-8)12-3-5-13-14-6-4-12/h1-2,7H,3-6H2,(H2,10,11). The van der Waals surface area contributed by atoms with Crippen molar-refractivity contribution in [2.75, 3.05) is 35.2 Å². The summed E-state index contributed by atoms with van der Waals surface area (Å²) in [5.41, 5.74) is 6.52. The normalized spacial score (nSPS) is 17.9. The van der Waals surface area contributed by atoms with Crippen molar-refractivity contribution in [1.29, 1.82) is 0 Å². The van der Waals surface area contributed by atoms with Crippen molar-refractivity contribution in [2.24, 2.45) is 0 Å².